The average Bonchev–Trinajstić information content (AvgIpc) is 2.46. The lowest BCUT2D eigenvalue weighted by Gasteiger charge is -2.27. The van der Waals surface area contributed by atoms with Crippen LogP contribution in [-0.2, 0) is 4.79 Å². The van der Waals surface area contributed by atoms with Crippen molar-refractivity contribution in [3.05, 3.63) is 47.5 Å². The van der Waals surface area contributed by atoms with Gasteiger partial charge in [0.05, 0.1) is 5.56 Å². The Bertz CT molecular complexity index is 508. The first kappa shape index (κ1) is 14.3. The van der Waals surface area contributed by atoms with Crippen molar-refractivity contribution in [2.24, 2.45) is 5.92 Å². The third-order valence-electron chi connectivity index (χ3n) is 3.91. The zero-order chi connectivity index (χ0) is 14.5. The van der Waals surface area contributed by atoms with Crippen LogP contribution in [0.4, 0.5) is 0 Å². The van der Waals surface area contributed by atoms with Gasteiger partial charge in [-0.2, -0.15) is 0 Å². The molecule has 1 saturated carbocycles. The van der Waals surface area contributed by atoms with Gasteiger partial charge in [-0.3, -0.25) is 0 Å². The van der Waals surface area contributed by atoms with Gasteiger partial charge in [-0.25, -0.2) is 9.59 Å². The summed E-state index contributed by atoms with van der Waals surface area (Å²) in [5.74, 6) is -0.997. The molecule has 0 aliphatic heterocycles. The highest BCUT2D eigenvalue weighted by Crippen LogP contribution is 2.36. The molecule has 0 radical (unpaired) electrons. The molecule has 2 rings (SSSR count). The molecule has 106 valence electrons. The number of carboxylic acids is 2. The minimum atomic E-state index is -0.904. The maximum Gasteiger partial charge on any atom is 0.335 e. The highest BCUT2D eigenvalue weighted by atomic mass is 16.4. The van der Waals surface area contributed by atoms with Crippen LogP contribution in [0.2, 0.25) is 0 Å². The van der Waals surface area contributed by atoms with E-state index in [1.807, 2.05) is 12.1 Å². The van der Waals surface area contributed by atoms with Gasteiger partial charge in [-0.05, 0) is 55.2 Å². The van der Waals surface area contributed by atoms with E-state index in [2.05, 4.69) is 0 Å². The van der Waals surface area contributed by atoms with Gasteiger partial charge >= 0.3 is 11.9 Å². The van der Waals surface area contributed by atoms with Gasteiger partial charge in [0, 0.05) is 6.08 Å². The number of rotatable bonds is 4. The molecule has 1 aromatic carbocycles. The second kappa shape index (κ2) is 6.37. The lowest BCUT2D eigenvalue weighted by Crippen LogP contribution is -2.12. The summed E-state index contributed by atoms with van der Waals surface area (Å²) in [5, 5.41) is 17.5. The summed E-state index contributed by atoms with van der Waals surface area (Å²) in [6.45, 7) is 0. The normalized spacial score (nSPS) is 22.8. The molecule has 2 N–H and O–H groups in total. The topological polar surface area (TPSA) is 74.6 Å². The number of aromatic carboxylic acids is 1. The Hall–Kier alpha value is -2.10. The summed E-state index contributed by atoms with van der Waals surface area (Å²) in [7, 11) is 0. The van der Waals surface area contributed by atoms with E-state index in [1.165, 1.54) is 11.6 Å². The fraction of sp³-hybridized carbons (Fsp3) is 0.375. The van der Waals surface area contributed by atoms with E-state index in [1.54, 1.807) is 18.2 Å². The van der Waals surface area contributed by atoms with Gasteiger partial charge in [0.15, 0.2) is 0 Å². The van der Waals surface area contributed by atoms with Crippen LogP contribution < -0.4 is 0 Å². The van der Waals surface area contributed by atoms with Crippen LogP contribution >= 0.6 is 0 Å². The fourth-order valence-corrected chi connectivity index (χ4v) is 2.76. The summed E-state index contributed by atoms with van der Waals surface area (Å²) in [6, 6.07) is 7.07. The molecule has 0 unspecified atom stereocenters. The molecule has 0 amide bonds. The third-order valence-corrected chi connectivity index (χ3v) is 3.91. The van der Waals surface area contributed by atoms with Crippen molar-refractivity contribution in [1.29, 1.82) is 0 Å². The Balaban J connectivity index is 1.93. The standard InChI is InChI=1S/C16H18O4/c17-15(18)10-3-11-1-4-12(5-2-11)13-6-8-14(9-7-13)16(19)20/h3,6-12H,1-2,4-5H2,(H,17,18)(H,19,20)/b10-3+. The SMILES string of the molecule is O=C(O)/C=C/C1CCC(c2ccc(C(=O)O)cc2)CC1. The second-order valence-corrected chi connectivity index (χ2v) is 5.24. The van der Waals surface area contributed by atoms with Crippen molar-refractivity contribution in [2.45, 2.75) is 31.6 Å². The lowest BCUT2D eigenvalue weighted by atomic mass is 9.78. The molecule has 0 heterocycles. The number of hydrogen-bond acceptors (Lipinski definition) is 2. The van der Waals surface area contributed by atoms with E-state index in [4.69, 9.17) is 10.2 Å². The minimum Gasteiger partial charge on any atom is -0.478 e. The van der Waals surface area contributed by atoms with Gasteiger partial charge in [0.1, 0.15) is 0 Å². The number of benzene rings is 1. The summed E-state index contributed by atoms with van der Waals surface area (Å²) in [6.07, 6.45) is 7.01. The van der Waals surface area contributed by atoms with Gasteiger partial charge in [0.2, 0.25) is 0 Å². The van der Waals surface area contributed by atoms with Crippen LogP contribution in [0.15, 0.2) is 36.4 Å². The summed E-state index contributed by atoms with van der Waals surface area (Å²) >= 11 is 0. The molecule has 0 saturated heterocycles. The molecule has 1 fully saturated rings. The molecule has 4 nitrogen and oxygen atoms in total. The maximum atomic E-state index is 10.8. The summed E-state index contributed by atoms with van der Waals surface area (Å²) < 4.78 is 0. The average molecular weight is 274 g/mol. The molecule has 4 heteroatoms. The number of aliphatic carboxylic acids is 1. The molecule has 0 aromatic heterocycles. The van der Waals surface area contributed by atoms with E-state index in [9.17, 15) is 9.59 Å². The first-order valence-corrected chi connectivity index (χ1v) is 6.80. The molecule has 0 bridgehead atoms. The zero-order valence-corrected chi connectivity index (χ0v) is 11.2. The largest absolute Gasteiger partial charge is 0.478 e. The molecule has 20 heavy (non-hydrogen) atoms. The molecule has 1 aliphatic rings. The number of carboxylic acid groups (broad SMARTS) is 2. The molecular formula is C16H18O4. The minimum absolute atomic E-state index is 0.312. The van der Waals surface area contributed by atoms with E-state index in [0.717, 1.165) is 25.7 Å². The van der Waals surface area contributed by atoms with E-state index in [0.29, 0.717) is 17.4 Å². The smallest absolute Gasteiger partial charge is 0.335 e. The Morgan fingerprint density at radius 2 is 1.60 bits per heavy atom. The number of allylic oxidation sites excluding steroid dienone is 1. The number of hydrogen-bond donors (Lipinski definition) is 2. The monoisotopic (exact) mass is 274 g/mol. The summed E-state index contributed by atoms with van der Waals surface area (Å²) in [5.41, 5.74) is 1.49. The van der Waals surface area contributed by atoms with Crippen LogP contribution in [-0.4, -0.2) is 22.2 Å². The second-order valence-electron chi connectivity index (χ2n) is 5.24. The van der Waals surface area contributed by atoms with Gasteiger partial charge < -0.3 is 10.2 Å². The van der Waals surface area contributed by atoms with Crippen LogP contribution in [0, 0.1) is 5.92 Å². The van der Waals surface area contributed by atoms with Crippen molar-refractivity contribution in [2.75, 3.05) is 0 Å². The first-order valence-electron chi connectivity index (χ1n) is 6.80. The Morgan fingerprint density at radius 1 is 1.00 bits per heavy atom. The van der Waals surface area contributed by atoms with Crippen molar-refractivity contribution in [3.8, 4) is 0 Å². The summed E-state index contributed by atoms with van der Waals surface area (Å²) in [4.78, 5) is 21.3. The van der Waals surface area contributed by atoms with Gasteiger partial charge in [-0.15, -0.1) is 0 Å². The Labute approximate surface area is 117 Å². The highest BCUT2D eigenvalue weighted by molar-refractivity contribution is 5.87. The first-order chi connectivity index (χ1) is 9.56. The Morgan fingerprint density at radius 3 is 2.10 bits per heavy atom. The van der Waals surface area contributed by atoms with E-state index >= 15 is 0 Å². The fourth-order valence-electron chi connectivity index (χ4n) is 2.76. The third kappa shape index (κ3) is 3.70. The molecule has 0 atom stereocenters. The number of carbonyl (C=O) groups is 2. The van der Waals surface area contributed by atoms with Crippen molar-refractivity contribution in [3.63, 3.8) is 0 Å². The van der Waals surface area contributed by atoms with Gasteiger partial charge in [0.25, 0.3) is 0 Å². The molecule has 1 aliphatic carbocycles. The molecule has 0 spiro atoms. The predicted octanol–water partition coefficient (Wildman–Crippen LogP) is 3.30. The van der Waals surface area contributed by atoms with Crippen molar-refractivity contribution >= 4 is 11.9 Å². The molecular weight excluding hydrogens is 256 g/mol. The zero-order valence-electron chi connectivity index (χ0n) is 11.2. The van der Waals surface area contributed by atoms with Crippen LogP contribution in [0.25, 0.3) is 0 Å². The lowest BCUT2D eigenvalue weighted by molar-refractivity contribution is -0.131. The highest BCUT2D eigenvalue weighted by Gasteiger charge is 2.21. The van der Waals surface area contributed by atoms with Crippen LogP contribution in [0.5, 0.6) is 0 Å². The van der Waals surface area contributed by atoms with E-state index in [-0.39, 0.29) is 0 Å². The van der Waals surface area contributed by atoms with Crippen molar-refractivity contribution < 1.29 is 19.8 Å². The quantitative estimate of drug-likeness (QED) is 0.826. The predicted molar refractivity (Wildman–Crippen MR) is 74.9 cm³/mol. The van der Waals surface area contributed by atoms with Crippen LogP contribution in [0.3, 0.4) is 0 Å². The molecule has 1 aromatic rings. The van der Waals surface area contributed by atoms with E-state index < -0.39 is 11.9 Å². The van der Waals surface area contributed by atoms with Crippen LogP contribution in [0.1, 0.15) is 47.5 Å². The van der Waals surface area contributed by atoms with Gasteiger partial charge in [-0.1, -0.05) is 18.2 Å². The van der Waals surface area contributed by atoms with Crippen molar-refractivity contribution in [1.82, 2.24) is 0 Å². The maximum absolute atomic E-state index is 10.8. The Kier molecular flexibility index (Phi) is 4.56.